The second-order valence-corrected chi connectivity index (χ2v) is 9.99. The first kappa shape index (κ1) is 28.9. The average Bonchev–Trinajstić information content (AvgIpc) is 3.42. The van der Waals surface area contributed by atoms with E-state index in [9.17, 15) is 8.78 Å². The molecule has 39 heavy (non-hydrogen) atoms. The molecule has 208 valence electrons. The third kappa shape index (κ3) is 7.72. The van der Waals surface area contributed by atoms with E-state index >= 15 is 0 Å². The first-order chi connectivity index (χ1) is 18.5. The molecule has 1 N–H and O–H groups in total. The fourth-order valence-electron chi connectivity index (χ4n) is 5.11. The summed E-state index contributed by atoms with van der Waals surface area (Å²) < 4.78 is 42.6. The summed E-state index contributed by atoms with van der Waals surface area (Å²) in [4.78, 5) is 2.27. The van der Waals surface area contributed by atoms with Crippen LogP contribution in [0.15, 0.2) is 72.8 Å². The lowest BCUT2D eigenvalue weighted by Crippen LogP contribution is -2.38. The van der Waals surface area contributed by atoms with E-state index < -0.39 is 0 Å². The predicted molar refractivity (Wildman–Crippen MR) is 152 cm³/mol. The number of nitrogens with zero attached hydrogens (tertiary/aromatic N) is 1. The van der Waals surface area contributed by atoms with Gasteiger partial charge in [0, 0.05) is 31.6 Å². The van der Waals surface area contributed by atoms with Crippen LogP contribution in [0.2, 0.25) is 0 Å². The average molecular weight is 557 g/mol. The van der Waals surface area contributed by atoms with E-state index in [1.165, 1.54) is 35.4 Å². The van der Waals surface area contributed by atoms with Gasteiger partial charge in [-0.3, -0.25) is 0 Å². The van der Waals surface area contributed by atoms with Gasteiger partial charge in [0.05, 0.1) is 6.61 Å². The third-order valence-electron chi connectivity index (χ3n) is 7.34. The topological polar surface area (TPSA) is 43.0 Å². The molecule has 3 aromatic rings. The van der Waals surface area contributed by atoms with Crippen molar-refractivity contribution in [1.29, 1.82) is 0 Å². The zero-order valence-electron chi connectivity index (χ0n) is 22.1. The van der Waals surface area contributed by atoms with Crippen LogP contribution in [-0.2, 0) is 0 Å². The van der Waals surface area contributed by atoms with Crippen molar-refractivity contribution in [2.24, 2.45) is 5.92 Å². The highest BCUT2D eigenvalue weighted by molar-refractivity contribution is 5.85. The van der Waals surface area contributed by atoms with Crippen LogP contribution < -0.4 is 19.5 Å². The number of fused-ring (bicyclic) bond motifs is 1. The second-order valence-electron chi connectivity index (χ2n) is 9.99. The zero-order chi connectivity index (χ0) is 26.3. The monoisotopic (exact) mass is 556 g/mol. The molecule has 2 atom stereocenters. The van der Waals surface area contributed by atoms with Crippen molar-refractivity contribution in [1.82, 2.24) is 10.2 Å². The summed E-state index contributed by atoms with van der Waals surface area (Å²) >= 11 is 0. The lowest BCUT2D eigenvalue weighted by Gasteiger charge is -2.32. The number of likely N-dealkylation sites (N-methyl/N-ethyl adjacent to an activating group) is 1. The maximum atomic E-state index is 13.2. The molecule has 3 aliphatic heterocycles. The summed E-state index contributed by atoms with van der Waals surface area (Å²) in [5.41, 5.74) is 3.67. The molecule has 0 bridgehead atoms. The van der Waals surface area contributed by atoms with Gasteiger partial charge < -0.3 is 24.4 Å². The minimum absolute atomic E-state index is 0. The first-order valence-electron chi connectivity index (χ1n) is 13.2. The fraction of sp³-hybridized carbons (Fsp3) is 0.355. The third-order valence-corrected chi connectivity index (χ3v) is 7.34. The molecule has 0 unspecified atom stereocenters. The number of hydrogen-bond donors (Lipinski definition) is 1. The highest BCUT2D eigenvalue weighted by Gasteiger charge is 2.27. The second kappa shape index (κ2) is 13.8. The molecule has 0 aromatic heterocycles. The van der Waals surface area contributed by atoms with Crippen molar-refractivity contribution in [3.05, 3.63) is 95.6 Å². The fourth-order valence-corrected chi connectivity index (χ4v) is 5.11. The largest absolute Gasteiger partial charge is 0.493 e. The summed E-state index contributed by atoms with van der Waals surface area (Å²) in [6.45, 7) is 4.82. The molecule has 6 rings (SSSR count). The molecular formula is C31H35ClF2N2O3. The van der Waals surface area contributed by atoms with Gasteiger partial charge in [-0.2, -0.15) is 0 Å². The molecule has 1 saturated heterocycles. The molecule has 3 aromatic carbocycles. The summed E-state index contributed by atoms with van der Waals surface area (Å²) in [7, 11) is 2.11. The first-order valence-corrected chi connectivity index (χ1v) is 13.2. The Morgan fingerprint density at radius 3 is 2.38 bits per heavy atom. The highest BCUT2D eigenvalue weighted by Crippen LogP contribution is 2.36. The van der Waals surface area contributed by atoms with Gasteiger partial charge in [0.15, 0.2) is 11.5 Å². The molecule has 0 aliphatic carbocycles. The van der Waals surface area contributed by atoms with Crippen molar-refractivity contribution in [3.63, 3.8) is 0 Å². The van der Waals surface area contributed by atoms with Crippen molar-refractivity contribution in [3.8, 4) is 17.2 Å². The van der Waals surface area contributed by atoms with Crippen LogP contribution in [0, 0.1) is 17.6 Å². The number of nitrogens with one attached hydrogen (secondary N) is 1. The maximum absolute atomic E-state index is 13.2. The molecule has 0 radical (unpaired) electrons. The van der Waals surface area contributed by atoms with Gasteiger partial charge in [0.25, 0.3) is 0 Å². The minimum atomic E-state index is -0.194. The quantitative estimate of drug-likeness (QED) is 0.400. The summed E-state index contributed by atoms with van der Waals surface area (Å²) in [5, 5.41) is 3.43. The summed E-state index contributed by atoms with van der Waals surface area (Å²) in [6.07, 6.45) is 4.31. The van der Waals surface area contributed by atoms with Crippen molar-refractivity contribution in [2.45, 2.75) is 18.8 Å². The number of piperidine rings is 1. The lowest BCUT2D eigenvalue weighted by atomic mass is 9.81. The Balaban J connectivity index is 0.000000202. The van der Waals surface area contributed by atoms with Gasteiger partial charge >= 0.3 is 0 Å². The van der Waals surface area contributed by atoms with Crippen molar-refractivity contribution < 1.29 is 23.0 Å². The van der Waals surface area contributed by atoms with Crippen molar-refractivity contribution in [2.75, 3.05) is 46.6 Å². The predicted octanol–water partition coefficient (Wildman–Crippen LogP) is 6.29. The van der Waals surface area contributed by atoms with E-state index in [1.54, 1.807) is 0 Å². The number of hydrogen-bond acceptors (Lipinski definition) is 5. The number of benzene rings is 3. The van der Waals surface area contributed by atoms with Gasteiger partial charge in [-0.25, -0.2) is 8.78 Å². The smallest absolute Gasteiger partial charge is 0.231 e. The highest BCUT2D eigenvalue weighted by atomic mass is 35.5. The molecule has 0 spiro atoms. The Morgan fingerprint density at radius 2 is 1.67 bits per heavy atom. The summed E-state index contributed by atoms with van der Waals surface area (Å²) in [5.74, 6) is 2.62. The van der Waals surface area contributed by atoms with Gasteiger partial charge in [-0.1, -0.05) is 30.3 Å². The molecular weight excluding hydrogens is 522 g/mol. The van der Waals surface area contributed by atoms with Crippen LogP contribution in [-0.4, -0.2) is 51.5 Å². The van der Waals surface area contributed by atoms with Crippen LogP contribution in [0.25, 0.3) is 5.57 Å². The van der Waals surface area contributed by atoms with E-state index in [-0.39, 0.29) is 30.8 Å². The van der Waals surface area contributed by atoms with Crippen LogP contribution in [0.5, 0.6) is 17.2 Å². The van der Waals surface area contributed by atoms with Crippen molar-refractivity contribution >= 4 is 18.0 Å². The van der Waals surface area contributed by atoms with E-state index in [0.29, 0.717) is 18.4 Å². The Labute approximate surface area is 235 Å². The molecule has 3 aliphatic rings. The van der Waals surface area contributed by atoms with Gasteiger partial charge in [-0.15, -0.1) is 12.4 Å². The molecule has 5 nitrogen and oxygen atoms in total. The molecule has 0 saturated carbocycles. The van der Waals surface area contributed by atoms with Gasteiger partial charge in [0.2, 0.25) is 6.79 Å². The van der Waals surface area contributed by atoms with Gasteiger partial charge in [0.1, 0.15) is 17.4 Å². The summed E-state index contributed by atoms with van der Waals surface area (Å²) in [6, 6.07) is 19.2. The number of rotatable bonds is 5. The van der Waals surface area contributed by atoms with Crippen LogP contribution in [0.4, 0.5) is 8.78 Å². The Kier molecular flexibility index (Phi) is 10.2. The SMILES string of the molecule is CN1CC=C(c2ccc(F)cc2)CC1.Cl.Fc1ccc([C@@H]2CCNC[C@H]2COc2ccc3c(c2)OCO3)cc1. The number of halogens is 3. The van der Waals surface area contributed by atoms with E-state index in [4.69, 9.17) is 14.2 Å². The Morgan fingerprint density at radius 1 is 0.949 bits per heavy atom. The van der Waals surface area contributed by atoms with Gasteiger partial charge in [-0.05, 0) is 85.5 Å². The molecule has 8 heteroatoms. The maximum Gasteiger partial charge on any atom is 0.231 e. The Bertz CT molecular complexity index is 1240. The minimum Gasteiger partial charge on any atom is -0.493 e. The molecule has 0 amide bonds. The zero-order valence-corrected chi connectivity index (χ0v) is 22.9. The van der Waals surface area contributed by atoms with E-state index in [2.05, 4.69) is 23.3 Å². The number of ether oxygens (including phenoxy) is 3. The van der Waals surface area contributed by atoms with Crippen LogP contribution >= 0.6 is 12.4 Å². The van der Waals surface area contributed by atoms with E-state index in [1.807, 2.05) is 42.5 Å². The standard InChI is InChI=1S/C19H20FNO3.C12H14FN.ClH/c20-15-3-1-13(2-4-15)17-7-8-21-10-14(17)11-22-16-5-6-18-19(9-16)24-12-23-18;1-14-8-6-11(7-9-14)10-2-4-12(13)5-3-10;/h1-6,9,14,17,21H,7-8,10-12H2;2-6H,7-9H2,1H3;1H/t14-,17-;;/m0../s1. The molecule has 1 fully saturated rings. The molecule has 3 heterocycles. The Hall–Kier alpha value is -3.13. The van der Waals surface area contributed by atoms with E-state index in [0.717, 1.165) is 61.8 Å². The normalized spacial score (nSPS) is 20.2. The van der Waals surface area contributed by atoms with Crippen LogP contribution in [0.3, 0.4) is 0 Å². The lowest BCUT2D eigenvalue weighted by molar-refractivity contribution is 0.173. The van der Waals surface area contributed by atoms with Crippen LogP contribution in [0.1, 0.15) is 29.9 Å².